The largest absolute Gasteiger partial charge is 0.506 e. The highest BCUT2D eigenvalue weighted by atomic mass is 16.3. The molecular formula is C8H10N2O. The monoisotopic (exact) mass is 150 g/mol. The van der Waals surface area contributed by atoms with Crippen LogP contribution in [0, 0.1) is 0 Å². The molecule has 0 amide bonds. The van der Waals surface area contributed by atoms with Crippen molar-refractivity contribution < 1.29 is 5.11 Å². The number of hydrogen-bond donors (Lipinski definition) is 3. The summed E-state index contributed by atoms with van der Waals surface area (Å²) in [5.74, 6) is 0.287. The molecule has 0 atom stereocenters. The van der Waals surface area contributed by atoms with Gasteiger partial charge in [-0.05, 0) is 18.2 Å². The molecule has 0 unspecified atom stereocenters. The van der Waals surface area contributed by atoms with Gasteiger partial charge in [-0.15, -0.1) is 0 Å². The molecule has 0 bridgehead atoms. The number of aromatic amines is 2. The third-order valence-corrected chi connectivity index (χ3v) is 1.08. The lowest BCUT2D eigenvalue weighted by molar-refractivity contribution is 0.476. The maximum Gasteiger partial charge on any atom is 0.132 e. The number of aromatic nitrogens is 2. The number of rotatable bonds is 0. The highest BCUT2D eigenvalue weighted by Gasteiger charge is 1.76. The van der Waals surface area contributed by atoms with Gasteiger partial charge in [-0.1, -0.05) is 0 Å². The van der Waals surface area contributed by atoms with E-state index < -0.39 is 0 Å². The van der Waals surface area contributed by atoms with Crippen LogP contribution in [0.5, 0.6) is 5.75 Å². The maximum absolute atomic E-state index is 8.44. The van der Waals surface area contributed by atoms with Gasteiger partial charge in [-0.3, -0.25) is 0 Å². The number of nitrogens with one attached hydrogen (secondary N) is 2. The lowest BCUT2D eigenvalue weighted by atomic mass is 10.6. The quantitative estimate of drug-likeness (QED) is 0.526. The number of aromatic hydroxyl groups is 1. The molecule has 3 N–H and O–H groups in total. The molecule has 11 heavy (non-hydrogen) atoms. The minimum absolute atomic E-state index is 0.287. The summed E-state index contributed by atoms with van der Waals surface area (Å²) in [6.07, 6.45) is 6.93. The van der Waals surface area contributed by atoms with Gasteiger partial charge in [0.2, 0.25) is 0 Å². The molecule has 3 nitrogen and oxygen atoms in total. The summed E-state index contributed by atoms with van der Waals surface area (Å²) in [4.78, 5) is 5.54. The lowest BCUT2D eigenvalue weighted by Gasteiger charge is -1.68. The molecule has 2 aromatic heterocycles. The second-order valence-electron chi connectivity index (χ2n) is 1.95. The van der Waals surface area contributed by atoms with Crippen LogP contribution in [-0.4, -0.2) is 15.1 Å². The second kappa shape index (κ2) is 4.22. The molecule has 2 heterocycles. The first-order chi connectivity index (χ1) is 5.39. The molecular weight excluding hydrogens is 140 g/mol. The normalized spacial score (nSPS) is 8.36. The van der Waals surface area contributed by atoms with Crippen molar-refractivity contribution >= 4 is 0 Å². The fourth-order valence-corrected chi connectivity index (χ4v) is 0.593. The summed E-state index contributed by atoms with van der Waals surface area (Å²) >= 11 is 0. The van der Waals surface area contributed by atoms with Crippen LogP contribution in [0.4, 0.5) is 0 Å². The van der Waals surface area contributed by atoms with Gasteiger partial charge in [-0.25, -0.2) is 0 Å². The summed E-state index contributed by atoms with van der Waals surface area (Å²) in [6, 6.07) is 5.47. The fourth-order valence-electron chi connectivity index (χ4n) is 0.593. The van der Waals surface area contributed by atoms with Crippen molar-refractivity contribution in [2.75, 3.05) is 0 Å². The van der Waals surface area contributed by atoms with Crippen LogP contribution in [0.1, 0.15) is 0 Å². The first-order valence-electron chi connectivity index (χ1n) is 3.29. The van der Waals surface area contributed by atoms with E-state index in [0.29, 0.717) is 0 Å². The van der Waals surface area contributed by atoms with Crippen LogP contribution in [-0.2, 0) is 0 Å². The average Bonchev–Trinajstić information content (AvgIpc) is 2.57. The van der Waals surface area contributed by atoms with Crippen LogP contribution >= 0.6 is 0 Å². The van der Waals surface area contributed by atoms with Gasteiger partial charge in [0.05, 0.1) is 0 Å². The van der Waals surface area contributed by atoms with Crippen LogP contribution in [0.2, 0.25) is 0 Å². The number of hydrogen-bond acceptors (Lipinski definition) is 1. The molecule has 0 saturated carbocycles. The summed E-state index contributed by atoms with van der Waals surface area (Å²) < 4.78 is 0. The second-order valence-corrected chi connectivity index (χ2v) is 1.95. The summed E-state index contributed by atoms with van der Waals surface area (Å²) in [7, 11) is 0. The Morgan fingerprint density at radius 3 is 1.91 bits per heavy atom. The van der Waals surface area contributed by atoms with Gasteiger partial charge in [0.1, 0.15) is 5.75 Å². The van der Waals surface area contributed by atoms with E-state index in [1.54, 1.807) is 12.3 Å². The lowest BCUT2D eigenvalue weighted by Crippen LogP contribution is -1.44. The zero-order valence-electron chi connectivity index (χ0n) is 5.99. The van der Waals surface area contributed by atoms with Crippen LogP contribution in [0.25, 0.3) is 0 Å². The highest BCUT2D eigenvalue weighted by molar-refractivity contribution is 5.12. The summed E-state index contributed by atoms with van der Waals surface area (Å²) in [5.41, 5.74) is 0. The molecule has 0 radical (unpaired) electrons. The first kappa shape index (κ1) is 7.47. The topological polar surface area (TPSA) is 51.8 Å². The highest BCUT2D eigenvalue weighted by Crippen LogP contribution is 2.00. The van der Waals surface area contributed by atoms with Gasteiger partial charge in [-0.2, -0.15) is 0 Å². The molecule has 2 aromatic rings. The van der Waals surface area contributed by atoms with E-state index in [2.05, 4.69) is 9.97 Å². The predicted molar refractivity (Wildman–Crippen MR) is 43.3 cm³/mol. The Morgan fingerprint density at radius 2 is 1.73 bits per heavy atom. The molecule has 0 spiro atoms. The van der Waals surface area contributed by atoms with Crippen LogP contribution < -0.4 is 0 Å². The zero-order chi connectivity index (χ0) is 7.94. The molecule has 0 fully saturated rings. The SMILES string of the molecule is Oc1cc[nH]c1.c1cc[nH]c1. The first-order valence-corrected chi connectivity index (χ1v) is 3.29. The Kier molecular flexibility index (Phi) is 2.86. The minimum Gasteiger partial charge on any atom is -0.506 e. The Morgan fingerprint density at radius 1 is 1.00 bits per heavy atom. The predicted octanol–water partition coefficient (Wildman–Crippen LogP) is 1.73. The van der Waals surface area contributed by atoms with E-state index >= 15 is 0 Å². The van der Waals surface area contributed by atoms with Crippen molar-refractivity contribution in [1.29, 1.82) is 0 Å². The van der Waals surface area contributed by atoms with Crippen LogP contribution in [0.3, 0.4) is 0 Å². The maximum atomic E-state index is 8.44. The summed E-state index contributed by atoms with van der Waals surface area (Å²) in [6.45, 7) is 0. The van der Waals surface area contributed by atoms with Crippen molar-refractivity contribution in [2.24, 2.45) is 0 Å². The van der Waals surface area contributed by atoms with Gasteiger partial charge in [0.25, 0.3) is 0 Å². The van der Waals surface area contributed by atoms with Crippen molar-refractivity contribution in [2.45, 2.75) is 0 Å². The Balaban J connectivity index is 0.000000112. The van der Waals surface area contributed by atoms with Crippen molar-refractivity contribution in [3.63, 3.8) is 0 Å². The molecule has 0 aliphatic heterocycles. The Hall–Kier alpha value is -1.64. The molecule has 2 rings (SSSR count). The molecule has 0 aliphatic rings. The van der Waals surface area contributed by atoms with E-state index in [-0.39, 0.29) is 5.75 Å². The van der Waals surface area contributed by atoms with Gasteiger partial charge in [0.15, 0.2) is 0 Å². The Bertz CT molecular complexity index is 230. The van der Waals surface area contributed by atoms with E-state index in [0.717, 1.165) is 0 Å². The molecule has 58 valence electrons. The van der Waals surface area contributed by atoms with E-state index in [1.807, 2.05) is 24.5 Å². The molecule has 3 heteroatoms. The van der Waals surface area contributed by atoms with Gasteiger partial charge < -0.3 is 15.1 Å². The third kappa shape index (κ3) is 3.15. The van der Waals surface area contributed by atoms with Gasteiger partial charge in [0, 0.05) is 24.8 Å². The fraction of sp³-hybridized carbons (Fsp3) is 0. The number of H-pyrrole nitrogens is 2. The third-order valence-electron chi connectivity index (χ3n) is 1.08. The molecule has 0 aromatic carbocycles. The standard InChI is InChI=1S/C4H5NO.C4H5N/c6-4-1-2-5-3-4;1-2-4-5-3-1/h1-3,5-6H;1-5H. The minimum atomic E-state index is 0.287. The Labute approximate surface area is 64.7 Å². The average molecular weight is 150 g/mol. The van der Waals surface area contributed by atoms with Crippen molar-refractivity contribution in [3.8, 4) is 5.75 Å². The van der Waals surface area contributed by atoms with Crippen molar-refractivity contribution in [1.82, 2.24) is 9.97 Å². The summed E-state index contributed by atoms with van der Waals surface area (Å²) in [5, 5.41) is 8.44. The van der Waals surface area contributed by atoms with Crippen LogP contribution in [0.15, 0.2) is 43.0 Å². The van der Waals surface area contributed by atoms with E-state index in [9.17, 15) is 0 Å². The van der Waals surface area contributed by atoms with Crippen molar-refractivity contribution in [3.05, 3.63) is 43.0 Å². The smallest absolute Gasteiger partial charge is 0.132 e. The molecule has 0 aliphatic carbocycles. The van der Waals surface area contributed by atoms with E-state index in [1.165, 1.54) is 6.20 Å². The molecule has 0 saturated heterocycles. The zero-order valence-corrected chi connectivity index (χ0v) is 5.99. The van der Waals surface area contributed by atoms with E-state index in [4.69, 9.17) is 5.11 Å². The van der Waals surface area contributed by atoms with Gasteiger partial charge >= 0.3 is 0 Å².